The average molecular weight is 443 g/mol. The van der Waals surface area contributed by atoms with Gasteiger partial charge in [0.25, 0.3) is 11.8 Å². The van der Waals surface area contributed by atoms with E-state index in [2.05, 4.69) is 15.6 Å². The Morgan fingerprint density at radius 1 is 1.26 bits per heavy atom. The van der Waals surface area contributed by atoms with Crippen LogP contribution in [0.3, 0.4) is 0 Å². The molecule has 8 nitrogen and oxygen atoms in total. The van der Waals surface area contributed by atoms with E-state index >= 15 is 0 Å². The van der Waals surface area contributed by atoms with Gasteiger partial charge in [-0.05, 0) is 38.3 Å². The molecule has 1 saturated heterocycles. The molecule has 1 aliphatic carbocycles. The zero-order valence-electron chi connectivity index (χ0n) is 17.5. The first-order valence-electron chi connectivity index (χ1n) is 10.5. The van der Waals surface area contributed by atoms with Gasteiger partial charge < -0.3 is 15.4 Å². The molecule has 1 spiro atoms. The molecule has 2 aromatic rings. The Hall–Kier alpha value is -2.94. The lowest BCUT2D eigenvalue weighted by Gasteiger charge is -2.20. The minimum absolute atomic E-state index is 0.126. The van der Waals surface area contributed by atoms with Crippen LogP contribution in [0, 0.1) is 6.92 Å². The molecule has 2 aliphatic rings. The van der Waals surface area contributed by atoms with Crippen molar-refractivity contribution in [3.05, 3.63) is 45.9 Å². The topological polar surface area (TPSA) is 101 Å². The summed E-state index contributed by atoms with van der Waals surface area (Å²) in [4.78, 5) is 42.7. The van der Waals surface area contributed by atoms with Crippen LogP contribution in [0.2, 0.25) is 0 Å². The number of carbonyl (C=O) groups excluding carboxylic acids is 3. The van der Waals surface area contributed by atoms with Crippen molar-refractivity contribution >= 4 is 29.2 Å². The van der Waals surface area contributed by atoms with E-state index in [0.717, 1.165) is 24.2 Å². The quantitative estimate of drug-likeness (QED) is 0.484. The number of hydrogen-bond donors (Lipinski definition) is 2. The molecule has 2 heterocycles. The van der Waals surface area contributed by atoms with Gasteiger partial charge in [0.2, 0.25) is 0 Å². The second-order valence-corrected chi connectivity index (χ2v) is 8.96. The average Bonchev–Trinajstić information content (AvgIpc) is 3.47. The maximum absolute atomic E-state index is 12.6. The third-order valence-corrected chi connectivity index (χ3v) is 6.54. The summed E-state index contributed by atoms with van der Waals surface area (Å²) in [6, 6.07) is 7.43. The number of aromatic nitrogens is 1. The van der Waals surface area contributed by atoms with Crippen LogP contribution >= 0.6 is 11.3 Å². The maximum Gasteiger partial charge on any atom is 0.325 e. The van der Waals surface area contributed by atoms with Gasteiger partial charge in [0.05, 0.1) is 0 Å². The molecule has 0 atom stereocenters. The van der Waals surface area contributed by atoms with E-state index < -0.39 is 5.54 Å². The van der Waals surface area contributed by atoms with Crippen molar-refractivity contribution in [3.8, 4) is 5.75 Å². The molecule has 1 aromatic carbocycles. The van der Waals surface area contributed by atoms with Crippen molar-refractivity contribution in [2.75, 3.05) is 13.1 Å². The Balaban J connectivity index is 1.20. The number of imide groups is 1. The Morgan fingerprint density at radius 2 is 2.00 bits per heavy atom. The summed E-state index contributed by atoms with van der Waals surface area (Å²) >= 11 is 1.37. The fourth-order valence-corrected chi connectivity index (χ4v) is 4.67. The normalized spacial score (nSPS) is 17.3. The molecular formula is C22H26N4O4S. The van der Waals surface area contributed by atoms with Crippen molar-refractivity contribution in [2.24, 2.45) is 0 Å². The number of thiazole rings is 1. The summed E-state index contributed by atoms with van der Waals surface area (Å²) in [5.41, 5.74) is 0.818. The van der Waals surface area contributed by atoms with Gasteiger partial charge in [0, 0.05) is 18.5 Å². The zero-order chi connectivity index (χ0) is 21.8. The van der Waals surface area contributed by atoms with Gasteiger partial charge in [0.1, 0.15) is 28.6 Å². The molecule has 0 radical (unpaired) electrons. The Morgan fingerprint density at radius 3 is 2.74 bits per heavy atom. The molecule has 31 heavy (non-hydrogen) atoms. The summed E-state index contributed by atoms with van der Waals surface area (Å²) in [6.45, 7) is 2.96. The van der Waals surface area contributed by atoms with Crippen LogP contribution in [0.4, 0.5) is 4.79 Å². The zero-order valence-corrected chi connectivity index (χ0v) is 18.3. The van der Waals surface area contributed by atoms with Crippen LogP contribution in [0.5, 0.6) is 5.75 Å². The van der Waals surface area contributed by atoms with Crippen LogP contribution in [0.25, 0.3) is 0 Å². The van der Waals surface area contributed by atoms with Crippen molar-refractivity contribution in [1.82, 2.24) is 20.5 Å². The molecule has 1 aliphatic heterocycles. The minimum atomic E-state index is -0.683. The molecule has 2 fully saturated rings. The largest absolute Gasteiger partial charge is 0.486 e. The van der Waals surface area contributed by atoms with Gasteiger partial charge in [0.15, 0.2) is 0 Å². The highest BCUT2D eigenvalue weighted by molar-refractivity contribution is 7.09. The fraction of sp³-hybridized carbons (Fsp3) is 0.455. The van der Waals surface area contributed by atoms with Crippen molar-refractivity contribution in [3.63, 3.8) is 0 Å². The SMILES string of the molecule is Cc1ccc(OCc2nc(C(=O)NCCCN3C(=O)NC4(CCCC4)C3=O)cs2)cc1. The number of nitrogens with zero attached hydrogens (tertiary/aromatic N) is 2. The summed E-state index contributed by atoms with van der Waals surface area (Å²) in [7, 11) is 0. The molecule has 164 valence electrons. The predicted molar refractivity (Wildman–Crippen MR) is 116 cm³/mol. The molecule has 2 N–H and O–H groups in total. The van der Waals surface area contributed by atoms with E-state index in [9.17, 15) is 14.4 Å². The van der Waals surface area contributed by atoms with Crippen LogP contribution in [-0.2, 0) is 11.4 Å². The number of benzene rings is 1. The summed E-state index contributed by atoms with van der Waals surface area (Å²) < 4.78 is 5.70. The molecule has 4 amide bonds. The third-order valence-electron chi connectivity index (χ3n) is 5.71. The highest BCUT2D eigenvalue weighted by atomic mass is 32.1. The van der Waals surface area contributed by atoms with E-state index in [-0.39, 0.29) is 17.8 Å². The van der Waals surface area contributed by atoms with Gasteiger partial charge in [-0.15, -0.1) is 11.3 Å². The lowest BCUT2D eigenvalue weighted by atomic mass is 9.98. The van der Waals surface area contributed by atoms with E-state index in [1.54, 1.807) is 5.38 Å². The summed E-state index contributed by atoms with van der Waals surface area (Å²) in [6.07, 6.45) is 3.84. The molecule has 9 heteroatoms. The molecular weight excluding hydrogens is 416 g/mol. The van der Waals surface area contributed by atoms with Crippen LogP contribution in [-0.4, -0.2) is 46.4 Å². The number of ether oxygens (including phenoxy) is 1. The van der Waals surface area contributed by atoms with Gasteiger partial charge >= 0.3 is 6.03 Å². The van der Waals surface area contributed by atoms with Gasteiger partial charge in [-0.25, -0.2) is 9.78 Å². The molecule has 0 bridgehead atoms. The van der Waals surface area contributed by atoms with Gasteiger partial charge in [-0.2, -0.15) is 0 Å². The number of nitrogens with one attached hydrogen (secondary N) is 2. The molecule has 4 rings (SSSR count). The van der Waals surface area contributed by atoms with Crippen LogP contribution < -0.4 is 15.4 Å². The standard InChI is InChI=1S/C22H26N4O4S/c1-15-5-7-16(8-6-15)30-13-18-24-17(14-31-18)19(27)23-11-4-12-26-20(28)22(25-21(26)29)9-2-3-10-22/h5-8,14H,2-4,9-13H2,1H3,(H,23,27)(H,25,29). The van der Waals surface area contributed by atoms with Crippen molar-refractivity contribution < 1.29 is 19.1 Å². The lowest BCUT2D eigenvalue weighted by molar-refractivity contribution is -0.131. The first-order chi connectivity index (χ1) is 15.0. The lowest BCUT2D eigenvalue weighted by Crippen LogP contribution is -2.44. The molecule has 0 unspecified atom stereocenters. The van der Waals surface area contributed by atoms with Gasteiger partial charge in [-0.1, -0.05) is 30.5 Å². The number of hydrogen-bond acceptors (Lipinski definition) is 6. The predicted octanol–water partition coefficient (Wildman–Crippen LogP) is 3.02. The number of rotatable bonds is 8. The van der Waals surface area contributed by atoms with Crippen LogP contribution in [0.15, 0.2) is 29.6 Å². The van der Waals surface area contributed by atoms with E-state index in [1.165, 1.54) is 16.2 Å². The van der Waals surface area contributed by atoms with E-state index in [4.69, 9.17) is 4.74 Å². The first kappa shape index (κ1) is 21.3. The van der Waals surface area contributed by atoms with Crippen LogP contribution in [0.1, 0.15) is 53.2 Å². The maximum atomic E-state index is 12.6. The monoisotopic (exact) mass is 442 g/mol. The van der Waals surface area contributed by atoms with Crippen molar-refractivity contribution in [1.29, 1.82) is 0 Å². The summed E-state index contributed by atoms with van der Waals surface area (Å²) in [5, 5.41) is 8.08. The third kappa shape index (κ3) is 4.71. The Labute approximate surface area is 185 Å². The molecule has 1 aromatic heterocycles. The first-order valence-corrected chi connectivity index (χ1v) is 11.4. The number of urea groups is 1. The highest BCUT2D eigenvalue weighted by Gasteiger charge is 2.51. The van der Waals surface area contributed by atoms with Crippen molar-refractivity contribution in [2.45, 2.75) is 51.2 Å². The van der Waals surface area contributed by atoms with Gasteiger partial charge in [-0.3, -0.25) is 14.5 Å². The Kier molecular flexibility index (Phi) is 6.22. The second-order valence-electron chi connectivity index (χ2n) is 8.01. The number of carbonyl (C=O) groups is 3. The van der Waals surface area contributed by atoms with E-state index in [1.807, 2.05) is 31.2 Å². The van der Waals surface area contributed by atoms with E-state index in [0.29, 0.717) is 49.7 Å². The minimum Gasteiger partial charge on any atom is -0.486 e. The highest BCUT2D eigenvalue weighted by Crippen LogP contribution is 2.35. The summed E-state index contributed by atoms with van der Waals surface area (Å²) in [5.74, 6) is 0.355. The molecule has 1 saturated carbocycles. The Bertz CT molecular complexity index is 966. The fourth-order valence-electron chi connectivity index (χ4n) is 3.99. The smallest absolute Gasteiger partial charge is 0.325 e. The second kappa shape index (κ2) is 9.05. The number of aryl methyl sites for hydroxylation is 1. The number of amides is 4.